The van der Waals surface area contributed by atoms with Gasteiger partial charge in [-0.25, -0.2) is 4.79 Å². The number of methoxy groups -OCH3 is 1. The first-order valence-corrected chi connectivity index (χ1v) is 23.4. The summed E-state index contributed by atoms with van der Waals surface area (Å²) in [5.74, 6) is 0.442. The van der Waals surface area contributed by atoms with Crippen LogP contribution >= 0.6 is 0 Å². The van der Waals surface area contributed by atoms with Crippen LogP contribution in [0.3, 0.4) is 0 Å². The summed E-state index contributed by atoms with van der Waals surface area (Å²) in [6, 6.07) is 0. The lowest BCUT2D eigenvalue weighted by atomic mass is 9.88. The molecule has 1 rings (SSSR count). The van der Waals surface area contributed by atoms with Crippen LogP contribution in [0.15, 0.2) is 24.3 Å². The molecule has 1 saturated heterocycles. The second-order valence-electron chi connectivity index (χ2n) is 17.1. The minimum atomic E-state index is -2.14. The fraction of sp³-hybridized carbons (Fsp3) is 0.838. The smallest absolute Gasteiger partial charge is 0.330 e. The first kappa shape index (κ1) is 42.9. The summed E-state index contributed by atoms with van der Waals surface area (Å²) in [5.41, 5.74) is 0. The Hall–Kier alpha value is -1.11. The summed E-state index contributed by atoms with van der Waals surface area (Å²) < 4.78 is 24.8. The lowest BCUT2D eigenvalue weighted by Gasteiger charge is -2.41. The predicted octanol–water partition coefficient (Wildman–Crippen LogP) is 9.16. The molecule has 6 atom stereocenters. The molecule has 1 N–H and O–H groups in total. The summed E-state index contributed by atoms with van der Waals surface area (Å²) in [6.07, 6.45) is 11.2. The molecule has 0 spiro atoms. The molecule has 268 valence electrons. The van der Waals surface area contributed by atoms with Crippen LogP contribution in [0.25, 0.3) is 0 Å². The Morgan fingerprint density at radius 2 is 1.52 bits per heavy atom. The van der Waals surface area contributed by atoms with Crippen molar-refractivity contribution in [1.82, 2.24) is 0 Å². The normalized spacial score (nSPS) is 22.4. The maximum atomic E-state index is 13.3. The van der Waals surface area contributed by atoms with E-state index in [1.165, 1.54) is 13.2 Å². The van der Waals surface area contributed by atoms with Gasteiger partial charge >= 0.3 is 5.97 Å². The summed E-state index contributed by atoms with van der Waals surface area (Å²) >= 11 is 0. The number of carbonyl (C=O) groups excluding carboxylic acids is 2. The SMILES string of the molecule is COC(=O)/C=C/C[C@@H](C[C@@H](O)CC(=O)C[C@H]1O[C@H](C[C@H](/C=C/CC(C)C)O[Si](C)(C)C(C)(C)C)CC[C@@H]1C)O[Si](C)(C)C(C)(C)C. The average Bonchev–Trinajstić information content (AvgIpc) is 2.88. The average molecular weight is 683 g/mol. The molecule has 0 aromatic rings. The maximum absolute atomic E-state index is 13.3. The molecule has 1 aliphatic rings. The van der Waals surface area contributed by atoms with Crippen molar-refractivity contribution in [3.05, 3.63) is 24.3 Å². The minimum absolute atomic E-state index is 0.00656. The number of ketones is 1. The van der Waals surface area contributed by atoms with Crippen molar-refractivity contribution < 1.29 is 33.0 Å². The van der Waals surface area contributed by atoms with Crippen LogP contribution < -0.4 is 0 Å². The third-order valence-electron chi connectivity index (χ3n) is 10.2. The summed E-state index contributed by atoms with van der Waals surface area (Å²) in [5, 5.41) is 11.1. The number of rotatable bonds is 18. The molecule has 1 fully saturated rings. The van der Waals surface area contributed by atoms with E-state index in [1.54, 1.807) is 6.08 Å². The lowest BCUT2D eigenvalue weighted by Crippen LogP contribution is -2.45. The van der Waals surface area contributed by atoms with Crippen LogP contribution in [-0.4, -0.2) is 71.1 Å². The minimum Gasteiger partial charge on any atom is -0.466 e. The third kappa shape index (κ3) is 15.4. The van der Waals surface area contributed by atoms with Gasteiger partial charge in [0.25, 0.3) is 0 Å². The van der Waals surface area contributed by atoms with Crippen molar-refractivity contribution in [3.8, 4) is 0 Å². The number of esters is 1. The zero-order valence-corrected chi connectivity index (χ0v) is 33.9. The molecule has 0 amide bonds. The fourth-order valence-corrected chi connectivity index (χ4v) is 7.78. The van der Waals surface area contributed by atoms with Crippen LogP contribution in [0, 0.1) is 11.8 Å². The van der Waals surface area contributed by atoms with E-state index in [9.17, 15) is 14.7 Å². The van der Waals surface area contributed by atoms with Gasteiger partial charge < -0.3 is 23.4 Å². The summed E-state index contributed by atoms with van der Waals surface area (Å²) in [6.45, 7) is 28.8. The molecule has 0 aliphatic carbocycles. The molecule has 0 aromatic carbocycles. The first-order valence-electron chi connectivity index (χ1n) is 17.6. The quantitative estimate of drug-likeness (QED) is 0.0667. The molecule has 0 unspecified atom stereocenters. The topological polar surface area (TPSA) is 91.3 Å². The van der Waals surface area contributed by atoms with Crippen molar-refractivity contribution in [1.29, 1.82) is 0 Å². The molecule has 0 bridgehead atoms. The van der Waals surface area contributed by atoms with Crippen molar-refractivity contribution in [2.75, 3.05) is 7.11 Å². The number of Topliss-reactive ketones (excluding diaryl/α,β-unsaturated/α-hetero) is 1. The highest BCUT2D eigenvalue weighted by Crippen LogP contribution is 2.40. The second-order valence-corrected chi connectivity index (χ2v) is 26.6. The highest BCUT2D eigenvalue weighted by molar-refractivity contribution is 6.74. The third-order valence-corrected chi connectivity index (χ3v) is 19.2. The number of ether oxygens (including phenoxy) is 2. The Morgan fingerprint density at radius 1 is 0.935 bits per heavy atom. The number of carbonyl (C=O) groups is 2. The summed E-state index contributed by atoms with van der Waals surface area (Å²) in [7, 11) is -2.78. The maximum Gasteiger partial charge on any atom is 0.330 e. The molecular formula is C37H70O7Si2. The zero-order valence-electron chi connectivity index (χ0n) is 31.9. The number of hydrogen-bond donors (Lipinski definition) is 1. The monoisotopic (exact) mass is 682 g/mol. The molecule has 46 heavy (non-hydrogen) atoms. The predicted molar refractivity (Wildman–Crippen MR) is 195 cm³/mol. The van der Waals surface area contributed by atoms with E-state index in [1.807, 2.05) is 0 Å². The van der Waals surface area contributed by atoms with E-state index < -0.39 is 28.7 Å². The van der Waals surface area contributed by atoms with Crippen molar-refractivity contribution in [2.24, 2.45) is 11.8 Å². The standard InChI is InChI=1S/C37H70O7Si2/c1-27(2)17-15-18-33(44-46(13,14)37(7,8)9)26-31-22-21-28(3)34(42-31)25-30(39)23-29(38)24-32(19-16-20-35(40)41-10)43-45(11,12)36(4,5)6/h15-16,18,20,27-29,31-34,38H,17,19,21-26H2,1-14H3/b18-15+,20-16+/t28-,29-,31-,32-,33-,34+/m0/s1. The zero-order chi connectivity index (χ0) is 35.5. The Bertz CT molecular complexity index is 991. The molecule has 0 radical (unpaired) electrons. The Balaban J connectivity index is 2.92. The van der Waals surface area contributed by atoms with Crippen molar-refractivity contribution in [3.63, 3.8) is 0 Å². The Morgan fingerprint density at radius 3 is 2.07 bits per heavy atom. The van der Waals surface area contributed by atoms with Gasteiger partial charge in [-0.1, -0.05) is 80.5 Å². The van der Waals surface area contributed by atoms with E-state index in [2.05, 4.69) is 101 Å². The van der Waals surface area contributed by atoms with Crippen molar-refractivity contribution >= 4 is 28.4 Å². The molecule has 9 heteroatoms. The van der Waals surface area contributed by atoms with Crippen LogP contribution in [0.4, 0.5) is 0 Å². The van der Waals surface area contributed by atoms with Gasteiger partial charge in [0, 0.05) is 25.3 Å². The fourth-order valence-electron chi connectivity index (χ4n) is 5.12. The highest BCUT2D eigenvalue weighted by atomic mass is 28.4. The van der Waals surface area contributed by atoms with Crippen LogP contribution in [0.1, 0.15) is 114 Å². The van der Waals surface area contributed by atoms with E-state index in [-0.39, 0.29) is 52.6 Å². The van der Waals surface area contributed by atoms with Gasteiger partial charge in [0.1, 0.15) is 5.78 Å². The summed E-state index contributed by atoms with van der Waals surface area (Å²) in [4.78, 5) is 24.9. The highest BCUT2D eigenvalue weighted by Gasteiger charge is 2.41. The van der Waals surface area contributed by atoms with E-state index in [0.717, 1.165) is 25.7 Å². The number of hydrogen-bond acceptors (Lipinski definition) is 7. The lowest BCUT2D eigenvalue weighted by molar-refractivity contribution is -0.135. The van der Waals surface area contributed by atoms with Gasteiger partial charge in [0.05, 0.1) is 37.6 Å². The Labute approximate surface area is 284 Å². The molecule has 0 saturated carbocycles. The van der Waals surface area contributed by atoms with E-state index >= 15 is 0 Å². The van der Waals surface area contributed by atoms with Gasteiger partial charge in [0.15, 0.2) is 16.6 Å². The van der Waals surface area contributed by atoms with Crippen LogP contribution in [0.5, 0.6) is 0 Å². The van der Waals surface area contributed by atoms with Gasteiger partial charge in [0.2, 0.25) is 0 Å². The molecule has 0 aromatic heterocycles. The van der Waals surface area contributed by atoms with Crippen LogP contribution in [0.2, 0.25) is 36.3 Å². The van der Waals surface area contributed by atoms with Gasteiger partial charge in [-0.2, -0.15) is 0 Å². The molecule has 1 aliphatic heterocycles. The van der Waals surface area contributed by atoms with Crippen LogP contribution in [-0.2, 0) is 27.9 Å². The number of aliphatic hydroxyl groups excluding tert-OH is 1. The first-order chi connectivity index (χ1) is 21.0. The van der Waals surface area contributed by atoms with Gasteiger partial charge in [-0.3, -0.25) is 4.79 Å². The number of aliphatic hydroxyl groups is 1. The van der Waals surface area contributed by atoms with E-state index in [4.69, 9.17) is 18.3 Å². The molecule has 1 heterocycles. The largest absolute Gasteiger partial charge is 0.466 e. The Kier molecular flexibility index (Phi) is 17.4. The van der Waals surface area contributed by atoms with Crippen molar-refractivity contribution in [2.45, 2.75) is 180 Å². The van der Waals surface area contributed by atoms with Gasteiger partial charge in [-0.05, 0) is 80.2 Å². The molecule has 7 nitrogen and oxygen atoms in total. The number of allylic oxidation sites excluding steroid dienone is 1. The van der Waals surface area contributed by atoms with Gasteiger partial charge in [-0.15, -0.1) is 0 Å². The molecular weight excluding hydrogens is 613 g/mol. The second kappa shape index (κ2) is 18.6. The van der Waals surface area contributed by atoms with E-state index in [0.29, 0.717) is 25.2 Å².